The van der Waals surface area contributed by atoms with Crippen LogP contribution >= 0.6 is 38.5 Å². The first-order valence-electron chi connectivity index (χ1n) is 5.72. The Balaban J connectivity index is 2.38. The van der Waals surface area contributed by atoms with Crippen LogP contribution in [0.1, 0.15) is 5.56 Å². The molecule has 3 rings (SSSR count). The van der Waals surface area contributed by atoms with Crippen LogP contribution in [0.15, 0.2) is 34.8 Å². The number of aromatic amines is 1. The summed E-state index contributed by atoms with van der Waals surface area (Å²) in [6.07, 6.45) is 0.236. The molecule has 3 nitrogen and oxygen atoms in total. The Bertz CT molecular complexity index is 810. The summed E-state index contributed by atoms with van der Waals surface area (Å²) >= 11 is 5.78. The van der Waals surface area contributed by atoms with Crippen LogP contribution in [-0.4, -0.2) is 10.9 Å². The van der Waals surface area contributed by atoms with E-state index in [4.69, 9.17) is 5.73 Å². The van der Waals surface area contributed by atoms with Gasteiger partial charge in [-0.15, -0.1) is 0 Å². The van der Waals surface area contributed by atoms with E-state index in [2.05, 4.69) is 67.8 Å². The third kappa shape index (κ3) is 2.36. The normalized spacial score (nSPS) is 11.3. The first-order valence-corrected chi connectivity index (χ1v) is 7.59. The minimum Gasteiger partial charge on any atom is -0.369 e. The third-order valence-corrected chi connectivity index (χ3v) is 4.21. The number of amides is 1. The molecule has 0 fully saturated rings. The standard InChI is InChI=1S/C14H10BrIN2O/c15-8-3-7(4-13(17)19)14-11(5-8)10-2-1-9(16)6-12(10)18-14/h1-3,5-6,18H,4H2,(H2,17,19). The number of hydrogen-bond acceptors (Lipinski definition) is 1. The van der Waals surface area contributed by atoms with Crippen molar-refractivity contribution < 1.29 is 4.79 Å². The van der Waals surface area contributed by atoms with E-state index in [0.29, 0.717) is 0 Å². The molecule has 19 heavy (non-hydrogen) atoms. The quantitative estimate of drug-likeness (QED) is 0.600. The van der Waals surface area contributed by atoms with Gasteiger partial charge in [-0.3, -0.25) is 4.79 Å². The molecule has 0 bridgehead atoms. The van der Waals surface area contributed by atoms with E-state index in [1.165, 1.54) is 3.57 Å². The Morgan fingerprint density at radius 1 is 1.26 bits per heavy atom. The minimum absolute atomic E-state index is 0.236. The molecule has 0 aliphatic heterocycles. The highest BCUT2D eigenvalue weighted by Gasteiger charge is 2.11. The minimum atomic E-state index is -0.326. The molecule has 2 aromatic carbocycles. The van der Waals surface area contributed by atoms with Crippen molar-refractivity contribution in [3.05, 3.63) is 43.9 Å². The maximum atomic E-state index is 11.2. The molecule has 0 atom stereocenters. The molecule has 0 aliphatic carbocycles. The lowest BCUT2D eigenvalue weighted by Crippen LogP contribution is -2.13. The number of aromatic nitrogens is 1. The van der Waals surface area contributed by atoms with Crippen LogP contribution in [0.25, 0.3) is 21.8 Å². The fourth-order valence-corrected chi connectivity index (χ4v) is 3.34. The van der Waals surface area contributed by atoms with Gasteiger partial charge in [-0.2, -0.15) is 0 Å². The van der Waals surface area contributed by atoms with Crippen LogP contribution in [0.2, 0.25) is 0 Å². The Hall–Kier alpha value is -1.08. The van der Waals surface area contributed by atoms with Crippen LogP contribution in [0.5, 0.6) is 0 Å². The Morgan fingerprint density at radius 3 is 2.79 bits per heavy atom. The molecular weight excluding hydrogens is 419 g/mol. The second-order valence-electron chi connectivity index (χ2n) is 4.45. The summed E-state index contributed by atoms with van der Waals surface area (Å²) in [7, 11) is 0. The van der Waals surface area contributed by atoms with Gasteiger partial charge in [0.1, 0.15) is 0 Å². The van der Waals surface area contributed by atoms with Crippen molar-refractivity contribution in [2.45, 2.75) is 6.42 Å². The zero-order chi connectivity index (χ0) is 13.6. The Kier molecular flexibility index (Phi) is 3.26. The molecule has 3 N–H and O–H groups in total. The molecule has 96 valence electrons. The fraction of sp³-hybridized carbons (Fsp3) is 0.0714. The van der Waals surface area contributed by atoms with E-state index in [1.807, 2.05) is 6.07 Å². The van der Waals surface area contributed by atoms with Crippen molar-refractivity contribution in [2.75, 3.05) is 0 Å². The number of nitrogens with two attached hydrogens (primary N) is 1. The second kappa shape index (κ2) is 4.79. The van der Waals surface area contributed by atoms with Crippen molar-refractivity contribution in [1.29, 1.82) is 0 Å². The molecule has 5 heteroatoms. The fourth-order valence-electron chi connectivity index (χ4n) is 2.34. The van der Waals surface area contributed by atoms with Gasteiger partial charge < -0.3 is 10.7 Å². The van der Waals surface area contributed by atoms with Gasteiger partial charge in [-0.25, -0.2) is 0 Å². The topological polar surface area (TPSA) is 58.9 Å². The lowest BCUT2D eigenvalue weighted by Gasteiger charge is -2.02. The van der Waals surface area contributed by atoms with Crippen LogP contribution in [0.4, 0.5) is 0 Å². The first-order chi connectivity index (χ1) is 9.04. The number of carbonyl (C=O) groups excluding carboxylic acids is 1. The van der Waals surface area contributed by atoms with Gasteiger partial charge in [-0.05, 0) is 52.4 Å². The summed E-state index contributed by atoms with van der Waals surface area (Å²) in [5.74, 6) is -0.326. The molecule has 0 radical (unpaired) electrons. The highest BCUT2D eigenvalue weighted by molar-refractivity contribution is 14.1. The van der Waals surface area contributed by atoms with Gasteiger partial charge in [0, 0.05) is 24.3 Å². The number of nitrogens with one attached hydrogen (secondary N) is 1. The van der Waals surface area contributed by atoms with Gasteiger partial charge in [0.2, 0.25) is 5.91 Å². The molecule has 0 saturated heterocycles. The lowest BCUT2D eigenvalue weighted by molar-refractivity contribution is -0.117. The summed E-state index contributed by atoms with van der Waals surface area (Å²) in [5.41, 5.74) is 8.29. The number of fused-ring (bicyclic) bond motifs is 3. The van der Waals surface area contributed by atoms with Crippen LogP contribution in [0.3, 0.4) is 0 Å². The first kappa shape index (κ1) is 12.9. The predicted molar refractivity (Wildman–Crippen MR) is 89.1 cm³/mol. The average molecular weight is 429 g/mol. The summed E-state index contributed by atoms with van der Waals surface area (Å²) in [6.45, 7) is 0. The Labute approximate surface area is 131 Å². The molecular formula is C14H10BrIN2O. The van der Waals surface area contributed by atoms with Crippen molar-refractivity contribution in [3.8, 4) is 0 Å². The molecule has 1 aromatic heterocycles. The van der Waals surface area contributed by atoms with Crippen LogP contribution in [-0.2, 0) is 11.2 Å². The third-order valence-electron chi connectivity index (χ3n) is 3.08. The smallest absolute Gasteiger partial charge is 0.221 e. The highest BCUT2D eigenvalue weighted by Crippen LogP contribution is 2.31. The number of carbonyl (C=O) groups is 1. The number of benzene rings is 2. The molecule has 3 aromatic rings. The van der Waals surface area contributed by atoms with Gasteiger partial charge in [0.15, 0.2) is 0 Å². The van der Waals surface area contributed by atoms with E-state index in [0.717, 1.165) is 31.8 Å². The van der Waals surface area contributed by atoms with Crippen molar-refractivity contribution in [3.63, 3.8) is 0 Å². The zero-order valence-corrected chi connectivity index (χ0v) is 13.6. The van der Waals surface area contributed by atoms with Crippen molar-refractivity contribution in [1.82, 2.24) is 4.98 Å². The second-order valence-corrected chi connectivity index (χ2v) is 6.61. The molecule has 0 aliphatic rings. The summed E-state index contributed by atoms with van der Waals surface area (Å²) in [5, 5.41) is 2.26. The number of hydrogen-bond donors (Lipinski definition) is 2. The molecule has 1 heterocycles. The maximum Gasteiger partial charge on any atom is 0.221 e. The molecule has 0 saturated carbocycles. The van der Waals surface area contributed by atoms with E-state index in [-0.39, 0.29) is 12.3 Å². The number of H-pyrrole nitrogens is 1. The van der Waals surface area contributed by atoms with Crippen molar-refractivity contribution in [2.24, 2.45) is 5.73 Å². The van der Waals surface area contributed by atoms with E-state index >= 15 is 0 Å². The number of halogens is 2. The van der Waals surface area contributed by atoms with Gasteiger partial charge in [0.05, 0.1) is 11.9 Å². The van der Waals surface area contributed by atoms with E-state index < -0.39 is 0 Å². The summed E-state index contributed by atoms with van der Waals surface area (Å²) in [6, 6.07) is 10.3. The van der Waals surface area contributed by atoms with Crippen LogP contribution < -0.4 is 5.73 Å². The van der Waals surface area contributed by atoms with Gasteiger partial charge in [0.25, 0.3) is 0 Å². The molecule has 1 amide bonds. The van der Waals surface area contributed by atoms with E-state index in [9.17, 15) is 4.79 Å². The number of primary amides is 1. The largest absolute Gasteiger partial charge is 0.369 e. The Morgan fingerprint density at radius 2 is 2.05 bits per heavy atom. The van der Waals surface area contributed by atoms with Crippen molar-refractivity contribution >= 4 is 66.2 Å². The lowest BCUT2D eigenvalue weighted by atomic mass is 10.1. The highest BCUT2D eigenvalue weighted by atomic mass is 127. The SMILES string of the molecule is NC(=O)Cc1cc(Br)cc2c1[nH]c1cc(I)ccc12. The van der Waals surface area contributed by atoms with Crippen LogP contribution in [0, 0.1) is 3.57 Å². The predicted octanol–water partition coefficient (Wildman–Crippen LogP) is 3.72. The molecule has 0 spiro atoms. The van der Waals surface area contributed by atoms with E-state index in [1.54, 1.807) is 0 Å². The van der Waals surface area contributed by atoms with Gasteiger partial charge in [-0.1, -0.05) is 22.0 Å². The summed E-state index contributed by atoms with van der Waals surface area (Å²) < 4.78 is 2.13. The summed E-state index contributed by atoms with van der Waals surface area (Å²) in [4.78, 5) is 14.6. The number of rotatable bonds is 2. The van der Waals surface area contributed by atoms with Gasteiger partial charge >= 0.3 is 0 Å². The maximum absolute atomic E-state index is 11.2. The average Bonchev–Trinajstić information content (AvgIpc) is 2.66. The monoisotopic (exact) mass is 428 g/mol. The zero-order valence-electron chi connectivity index (χ0n) is 9.84. The molecule has 0 unspecified atom stereocenters.